The molecule has 156 valence electrons. The first-order valence-electron chi connectivity index (χ1n) is 9.52. The van der Waals surface area contributed by atoms with E-state index in [0.29, 0.717) is 33.1 Å². The van der Waals surface area contributed by atoms with Crippen molar-refractivity contribution >= 4 is 51.9 Å². The molecule has 0 aliphatic carbocycles. The number of hydrogen-bond acceptors (Lipinski definition) is 7. The van der Waals surface area contributed by atoms with Crippen LogP contribution in [-0.2, 0) is 0 Å². The van der Waals surface area contributed by atoms with Gasteiger partial charge in [-0.1, -0.05) is 29.3 Å². The third kappa shape index (κ3) is 4.17. The highest BCUT2D eigenvalue weighted by molar-refractivity contribution is 6.43. The van der Waals surface area contributed by atoms with Crippen molar-refractivity contribution < 1.29 is 4.74 Å². The lowest BCUT2D eigenvalue weighted by Gasteiger charge is -2.37. The van der Waals surface area contributed by atoms with E-state index in [-0.39, 0.29) is 0 Å². The summed E-state index contributed by atoms with van der Waals surface area (Å²) in [6.07, 6.45) is 1.50. The first kappa shape index (κ1) is 20.4. The van der Waals surface area contributed by atoms with Crippen molar-refractivity contribution in [3.8, 4) is 5.75 Å². The monoisotopic (exact) mass is 444 g/mol. The maximum Gasteiger partial charge on any atom is 0.159 e. The van der Waals surface area contributed by atoms with Gasteiger partial charge in [0.1, 0.15) is 17.8 Å². The first-order valence-corrected chi connectivity index (χ1v) is 10.3. The summed E-state index contributed by atoms with van der Waals surface area (Å²) in [5.74, 6) is 2.06. The molecule has 0 radical (unpaired) electrons. The minimum Gasteiger partial charge on any atom is -0.497 e. The van der Waals surface area contributed by atoms with E-state index in [0.717, 1.165) is 31.9 Å². The van der Waals surface area contributed by atoms with Gasteiger partial charge >= 0.3 is 0 Å². The zero-order chi connectivity index (χ0) is 21.1. The molecule has 1 aromatic heterocycles. The molecule has 3 aromatic rings. The zero-order valence-corrected chi connectivity index (χ0v) is 18.0. The first-order chi connectivity index (χ1) is 14.6. The Morgan fingerprint density at radius 3 is 2.37 bits per heavy atom. The molecule has 0 atom stereocenters. The van der Waals surface area contributed by atoms with E-state index < -0.39 is 0 Å². The van der Waals surface area contributed by atoms with Gasteiger partial charge in [0.05, 0.1) is 22.8 Å². The van der Waals surface area contributed by atoms with Gasteiger partial charge in [0.25, 0.3) is 0 Å². The van der Waals surface area contributed by atoms with Crippen LogP contribution in [-0.4, -0.2) is 43.3 Å². The Labute approximate surface area is 185 Å². The number of nitrogens with one attached hydrogen (secondary N) is 1. The molecule has 0 saturated carbocycles. The standard InChI is InChI=1S/C21H22Cl2N6O/c1-30-15-7-5-14(6-8-15)28-9-11-29(12-10-28)21-19(24)20(25-13-26-21)27-17-4-2-3-16(22)18(17)23/h2-8,13H,9-12,24H2,1H3,(H,25,26,27). The lowest BCUT2D eigenvalue weighted by molar-refractivity contribution is 0.415. The zero-order valence-electron chi connectivity index (χ0n) is 16.5. The van der Waals surface area contributed by atoms with Crippen molar-refractivity contribution in [1.29, 1.82) is 0 Å². The Hall–Kier alpha value is -2.90. The third-order valence-electron chi connectivity index (χ3n) is 5.08. The van der Waals surface area contributed by atoms with Crippen LogP contribution in [0.1, 0.15) is 0 Å². The Bertz CT molecular complexity index is 1020. The second-order valence-corrected chi connectivity index (χ2v) is 7.64. The van der Waals surface area contributed by atoms with E-state index in [2.05, 4.69) is 37.2 Å². The van der Waals surface area contributed by atoms with E-state index in [9.17, 15) is 0 Å². The molecule has 7 nitrogen and oxygen atoms in total. The third-order valence-corrected chi connectivity index (χ3v) is 5.90. The van der Waals surface area contributed by atoms with Crippen molar-refractivity contribution in [2.75, 3.05) is 54.1 Å². The van der Waals surface area contributed by atoms with Gasteiger partial charge in [-0.2, -0.15) is 0 Å². The number of methoxy groups -OCH3 is 1. The Kier molecular flexibility index (Phi) is 6.01. The molecule has 0 bridgehead atoms. The maximum absolute atomic E-state index is 6.40. The van der Waals surface area contributed by atoms with E-state index in [1.54, 1.807) is 13.2 Å². The van der Waals surface area contributed by atoms with Crippen LogP contribution in [0.2, 0.25) is 10.0 Å². The summed E-state index contributed by atoms with van der Waals surface area (Å²) in [5.41, 5.74) is 8.69. The number of halogens is 2. The lowest BCUT2D eigenvalue weighted by Crippen LogP contribution is -2.47. The van der Waals surface area contributed by atoms with E-state index >= 15 is 0 Å². The van der Waals surface area contributed by atoms with Crippen molar-refractivity contribution in [3.05, 3.63) is 58.8 Å². The molecule has 2 heterocycles. The second-order valence-electron chi connectivity index (χ2n) is 6.86. The maximum atomic E-state index is 6.40. The molecule has 0 unspecified atom stereocenters. The summed E-state index contributed by atoms with van der Waals surface area (Å²) in [6, 6.07) is 13.5. The number of rotatable bonds is 5. The van der Waals surface area contributed by atoms with Crippen LogP contribution in [0.5, 0.6) is 5.75 Å². The molecule has 9 heteroatoms. The lowest BCUT2D eigenvalue weighted by atomic mass is 10.2. The van der Waals surface area contributed by atoms with E-state index in [1.807, 2.05) is 24.3 Å². The fourth-order valence-electron chi connectivity index (χ4n) is 3.44. The van der Waals surface area contributed by atoms with Crippen LogP contribution < -0.4 is 25.6 Å². The topological polar surface area (TPSA) is 79.5 Å². The van der Waals surface area contributed by atoms with Crippen molar-refractivity contribution in [2.45, 2.75) is 0 Å². The number of ether oxygens (including phenoxy) is 1. The fourth-order valence-corrected chi connectivity index (χ4v) is 3.78. The summed E-state index contributed by atoms with van der Waals surface area (Å²) >= 11 is 12.4. The van der Waals surface area contributed by atoms with Crippen LogP contribution in [0.4, 0.5) is 28.7 Å². The highest BCUT2D eigenvalue weighted by Gasteiger charge is 2.22. The van der Waals surface area contributed by atoms with Crippen molar-refractivity contribution in [3.63, 3.8) is 0 Å². The fraction of sp³-hybridized carbons (Fsp3) is 0.238. The SMILES string of the molecule is COc1ccc(N2CCN(c3ncnc(Nc4cccc(Cl)c4Cl)c3N)CC2)cc1. The van der Waals surface area contributed by atoms with Crippen LogP contribution >= 0.6 is 23.2 Å². The molecular weight excluding hydrogens is 423 g/mol. The number of piperazine rings is 1. The molecular formula is C21H22Cl2N6O. The molecule has 3 N–H and O–H groups in total. The summed E-state index contributed by atoms with van der Waals surface area (Å²) in [5, 5.41) is 4.05. The van der Waals surface area contributed by atoms with E-state index in [1.165, 1.54) is 12.0 Å². The molecule has 0 spiro atoms. The summed E-state index contributed by atoms with van der Waals surface area (Å²) in [6.45, 7) is 3.31. The molecule has 1 saturated heterocycles. The molecule has 2 aromatic carbocycles. The quantitative estimate of drug-likeness (QED) is 0.601. The highest BCUT2D eigenvalue weighted by Crippen LogP contribution is 2.35. The predicted octanol–water partition coefficient (Wildman–Crippen LogP) is 4.44. The minimum absolute atomic E-state index is 0.423. The van der Waals surface area contributed by atoms with Gasteiger partial charge < -0.3 is 25.6 Å². The molecule has 0 amide bonds. The van der Waals surface area contributed by atoms with Gasteiger partial charge in [-0.15, -0.1) is 0 Å². The van der Waals surface area contributed by atoms with Crippen molar-refractivity contribution in [1.82, 2.24) is 9.97 Å². The predicted molar refractivity (Wildman–Crippen MR) is 124 cm³/mol. The Balaban J connectivity index is 1.47. The normalized spacial score (nSPS) is 14.0. The highest BCUT2D eigenvalue weighted by atomic mass is 35.5. The number of nitrogen functional groups attached to an aromatic ring is 1. The van der Waals surface area contributed by atoms with Gasteiger partial charge in [-0.25, -0.2) is 9.97 Å². The van der Waals surface area contributed by atoms with Gasteiger partial charge in [0.2, 0.25) is 0 Å². The van der Waals surface area contributed by atoms with E-state index in [4.69, 9.17) is 33.7 Å². The number of nitrogens with zero attached hydrogens (tertiary/aromatic N) is 4. The average Bonchev–Trinajstić information content (AvgIpc) is 2.78. The van der Waals surface area contributed by atoms with Crippen LogP contribution in [0, 0.1) is 0 Å². The summed E-state index contributed by atoms with van der Waals surface area (Å²) < 4.78 is 5.24. The van der Waals surface area contributed by atoms with Crippen molar-refractivity contribution in [2.24, 2.45) is 0 Å². The average molecular weight is 445 g/mol. The smallest absolute Gasteiger partial charge is 0.159 e. The van der Waals surface area contributed by atoms with Crippen LogP contribution in [0.15, 0.2) is 48.8 Å². The van der Waals surface area contributed by atoms with Crippen LogP contribution in [0.3, 0.4) is 0 Å². The minimum atomic E-state index is 0.423. The number of hydrogen-bond donors (Lipinski definition) is 2. The number of anilines is 5. The van der Waals surface area contributed by atoms with Crippen LogP contribution in [0.25, 0.3) is 0 Å². The summed E-state index contributed by atoms with van der Waals surface area (Å²) in [7, 11) is 1.67. The number of benzene rings is 2. The molecule has 1 aliphatic heterocycles. The van der Waals surface area contributed by atoms with Gasteiger partial charge in [-0.05, 0) is 36.4 Å². The van der Waals surface area contributed by atoms with Gasteiger partial charge in [0.15, 0.2) is 11.6 Å². The number of nitrogens with two attached hydrogens (primary N) is 1. The molecule has 30 heavy (non-hydrogen) atoms. The van der Waals surface area contributed by atoms with Gasteiger partial charge in [0, 0.05) is 31.9 Å². The molecule has 1 fully saturated rings. The molecule has 1 aliphatic rings. The largest absolute Gasteiger partial charge is 0.497 e. The Morgan fingerprint density at radius 2 is 1.67 bits per heavy atom. The second kappa shape index (κ2) is 8.85. The van der Waals surface area contributed by atoms with Gasteiger partial charge in [-0.3, -0.25) is 0 Å². The number of aromatic nitrogens is 2. The molecule has 4 rings (SSSR count). The Morgan fingerprint density at radius 1 is 0.967 bits per heavy atom. The summed E-state index contributed by atoms with van der Waals surface area (Å²) in [4.78, 5) is 13.2.